The lowest BCUT2D eigenvalue weighted by Gasteiger charge is -2.10. The average molecular weight is 343 g/mol. The Bertz CT molecular complexity index is 424. The van der Waals surface area contributed by atoms with Gasteiger partial charge in [0.15, 0.2) is 0 Å². The first-order valence-electron chi connectivity index (χ1n) is 7.02. The fraction of sp³-hybridized carbons (Fsp3) is 0.533. The molecule has 5 heteroatoms. The summed E-state index contributed by atoms with van der Waals surface area (Å²) in [6.07, 6.45) is 3.07. The molecule has 2 amide bonds. The predicted molar refractivity (Wildman–Crippen MR) is 86.2 cm³/mol. The van der Waals surface area contributed by atoms with E-state index in [4.69, 9.17) is 4.74 Å². The lowest BCUT2D eigenvalue weighted by atomic mass is 10.2. The van der Waals surface area contributed by atoms with Crippen LogP contribution in [0.15, 0.2) is 22.7 Å². The summed E-state index contributed by atoms with van der Waals surface area (Å²) in [6, 6.07) is 5.62. The number of hydrogen-bond acceptors (Lipinski definition) is 2. The Hall–Kier alpha value is -1.07. The highest BCUT2D eigenvalue weighted by atomic mass is 79.9. The van der Waals surface area contributed by atoms with Crippen LogP contribution in [0.3, 0.4) is 0 Å². The van der Waals surface area contributed by atoms with Gasteiger partial charge in [-0.2, -0.15) is 0 Å². The maximum atomic E-state index is 11.7. The van der Waals surface area contributed by atoms with Gasteiger partial charge in [-0.15, -0.1) is 0 Å². The number of carbonyl (C=O) groups is 1. The number of nitrogens with one attached hydrogen (secondary N) is 2. The number of amides is 2. The van der Waals surface area contributed by atoms with E-state index in [1.807, 2.05) is 25.1 Å². The van der Waals surface area contributed by atoms with Gasteiger partial charge in [-0.25, -0.2) is 4.79 Å². The van der Waals surface area contributed by atoms with Crippen molar-refractivity contribution in [3.63, 3.8) is 0 Å². The highest BCUT2D eigenvalue weighted by Crippen LogP contribution is 2.20. The molecule has 0 aromatic heterocycles. The number of benzene rings is 1. The molecule has 20 heavy (non-hydrogen) atoms. The van der Waals surface area contributed by atoms with Gasteiger partial charge < -0.3 is 15.4 Å². The van der Waals surface area contributed by atoms with Crippen LogP contribution in [0.4, 0.5) is 10.5 Å². The van der Waals surface area contributed by atoms with Crippen molar-refractivity contribution in [2.24, 2.45) is 0 Å². The number of rotatable bonds is 8. The van der Waals surface area contributed by atoms with Gasteiger partial charge in [-0.1, -0.05) is 35.3 Å². The summed E-state index contributed by atoms with van der Waals surface area (Å²) in [5, 5.41) is 5.66. The van der Waals surface area contributed by atoms with E-state index < -0.39 is 0 Å². The summed E-state index contributed by atoms with van der Waals surface area (Å²) in [7, 11) is 0. The summed E-state index contributed by atoms with van der Waals surface area (Å²) in [5.74, 6) is 0. The molecule has 1 rings (SSSR count). The van der Waals surface area contributed by atoms with Gasteiger partial charge in [-0.3, -0.25) is 0 Å². The van der Waals surface area contributed by atoms with Crippen LogP contribution in [0.25, 0.3) is 0 Å². The first-order valence-corrected chi connectivity index (χ1v) is 7.81. The molecule has 0 spiro atoms. The second-order valence-corrected chi connectivity index (χ2v) is 5.58. The first-order chi connectivity index (χ1) is 9.63. The van der Waals surface area contributed by atoms with E-state index in [1.165, 1.54) is 0 Å². The van der Waals surface area contributed by atoms with E-state index >= 15 is 0 Å². The Morgan fingerprint density at radius 3 is 2.80 bits per heavy atom. The Kier molecular flexibility index (Phi) is 8.30. The zero-order chi connectivity index (χ0) is 14.8. The molecule has 0 aliphatic heterocycles. The molecule has 0 unspecified atom stereocenters. The molecule has 2 N–H and O–H groups in total. The molecular formula is C15H23BrN2O2. The minimum atomic E-state index is -0.181. The number of halogens is 1. The van der Waals surface area contributed by atoms with Crippen molar-refractivity contribution in [1.82, 2.24) is 5.32 Å². The Balaban J connectivity index is 2.19. The molecule has 0 saturated carbocycles. The van der Waals surface area contributed by atoms with Crippen LogP contribution in [0.1, 0.15) is 31.7 Å². The molecule has 0 fully saturated rings. The van der Waals surface area contributed by atoms with Crippen molar-refractivity contribution in [3.8, 4) is 0 Å². The number of aryl methyl sites for hydroxylation is 1. The smallest absolute Gasteiger partial charge is 0.319 e. The van der Waals surface area contributed by atoms with E-state index in [-0.39, 0.29) is 6.03 Å². The third-order valence-corrected chi connectivity index (χ3v) is 3.33. The molecule has 0 aliphatic carbocycles. The van der Waals surface area contributed by atoms with E-state index in [0.29, 0.717) is 13.2 Å². The van der Waals surface area contributed by atoms with Crippen LogP contribution in [-0.4, -0.2) is 25.8 Å². The lowest BCUT2D eigenvalue weighted by molar-refractivity contribution is 0.129. The number of urea groups is 1. The molecule has 0 radical (unpaired) electrons. The maximum Gasteiger partial charge on any atom is 0.319 e. The molecule has 0 bridgehead atoms. The number of anilines is 1. The molecular weight excluding hydrogens is 320 g/mol. The second-order valence-electron chi connectivity index (χ2n) is 4.66. The van der Waals surface area contributed by atoms with Gasteiger partial charge in [0.2, 0.25) is 0 Å². The Morgan fingerprint density at radius 2 is 2.05 bits per heavy atom. The number of unbranched alkanes of at least 4 members (excludes halogenated alkanes) is 1. The molecule has 0 atom stereocenters. The van der Waals surface area contributed by atoms with Crippen LogP contribution in [0, 0.1) is 6.92 Å². The van der Waals surface area contributed by atoms with Crippen LogP contribution in [-0.2, 0) is 4.74 Å². The van der Waals surface area contributed by atoms with Crippen LogP contribution in [0.5, 0.6) is 0 Å². The van der Waals surface area contributed by atoms with Gasteiger partial charge in [0.25, 0.3) is 0 Å². The third-order valence-electron chi connectivity index (χ3n) is 2.84. The van der Waals surface area contributed by atoms with Crippen LogP contribution >= 0.6 is 15.9 Å². The zero-order valence-electron chi connectivity index (χ0n) is 12.2. The van der Waals surface area contributed by atoms with Crippen molar-refractivity contribution in [1.29, 1.82) is 0 Å². The van der Waals surface area contributed by atoms with Gasteiger partial charge in [-0.05, 0) is 37.5 Å². The number of ether oxygens (including phenoxy) is 1. The largest absolute Gasteiger partial charge is 0.381 e. The van der Waals surface area contributed by atoms with Crippen molar-refractivity contribution >= 4 is 27.6 Å². The van der Waals surface area contributed by atoms with Crippen LogP contribution < -0.4 is 10.6 Å². The summed E-state index contributed by atoms with van der Waals surface area (Å²) in [6.45, 7) is 6.21. The Morgan fingerprint density at radius 1 is 1.30 bits per heavy atom. The maximum absolute atomic E-state index is 11.7. The van der Waals surface area contributed by atoms with Crippen LogP contribution in [0.2, 0.25) is 0 Å². The van der Waals surface area contributed by atoms with Crippen molar-refractivity contribution < 1.29 is 9.53 Å². The quantitative estimate of drug-likeness (QED) is 0.699. The van der Waals surface area contributed by atoms with E-state index in [0.717, 1.165) is 41.6 Å². The molecule has 4 nitrogen and oxygen atoms in total. The second kappa shape index (κ2) is 9.77. The topological polar surface area (TPSA) is 50.4 Å². The molecule has 0 saturated heterocycles. The summed E-state index contributed by atoms with van der Waals surface area (Å²) in [4.78, 5) is 11.7. The van der Waals surface area contributed by atoms with Gasteiger partial charge in [0.05, 0.1) is 0 Å². The zero-order valence-corrected chi connectivity index (χ0v) is 13.8. The van der Waals surface area contributed by atoms with E-state index in [2.05, 4.69) is 33.5 Å². The van der Waals surface area contributed by atoms with Gasteiger partial charge in [0.1, 0.15) is 0 Å². The average Bonchev–Trinajstić information content (AvgIpc) is 2.42. The molecule has 0 aliphatic rings. The van der Waals surface area contributed by atoms with Crippen molar-refractivity contribution in [2.75, 3.05) is 25.1 Å². The number of carbonyl (C=O) groups excluding carboxylic acids is 1. The van der Waals surface area contributed by atoms with Gasteiger partial charge >= 0.3 is 6.03 Å². The van der Waals surface area contributed by atoms with Crippen molar-refractivity contribution in [3.05, 3.63) is 28.2 Å². The lowest BCUT2D eigenvalue weighted by Crippen LogP contribution is -2.30. The van der Waals surface area contributed by atoms with E-state index in [9.17, 15) is 4.79 Å². The SMILES string of the molecule is CCCCOCCCNC(=O)Nc1cc(Br)ccc1C. The third kappa shape index (κ3) is 6.91. The minimum absolute atomic E-state index is 0.181. The molecule has 112 valence electrons. The highest BCUT2D eigenvalue weighted by molar-refractivity contribution is 9.10. The predicted octanol–water partition coefficient (Wildman–Crippen LogP) is 4.09. The fourth-order valence-corrected chi connectivity index (χ4v) is 1.98. The van der Waals surface area contributed by atoms with E-state index in [1.54, 1.807) is 0 Å². The summed E-state index contributed by atoms with van der Waals surface area (Å²) < 4.78 is 6.38. The highest BCUT2D eigenvalue weighted by Gasteiger charge is 2.04. The fourth-order valence-electron chi connectivity index (χ4n) is 1.62. The molecule has 1 aromatic carbocycles. The standard InChI is InChI=1S/C15H23BrN2O2/c1-3-4-9-20-10-5-8-17-15(19)18-14-11-13(16)7-6-12(14)2/h6-7,11H,3-5,8-10H2,1-2H3,(H2,17,18,19). The van der Waals surface area contributed by atoms with Gasteiger partial charge in [0, 0.05) is 29.9 Å². The molecule has 0 heterocycles. The monoisotopic (exact) mass is 342 g/mol. The normalized spacial score (nSPS) is 10.3. The number of hydrogen-bond donors (Lipinski definition) is 2. The first kappa shape index (κ1) is 17.0. The Labute approximate surface area is 129 Å². The molecule has 1 aromatic rings. The van der Waals surface area contributed by atoms with Crippen molar-refractivity contribution in [2.45, 2.75) is 33.1 Å². The summed E-state index contributed by atoms with van der Waals surface area (Å²) >= 11 is 3.39. The summed E-state index contributed by atoms with van der Waals surface area (Å²) in [5.41, 5.74) is 1.85. The minimum Gasteiger partial charge on any atom is -0.381 e.